The molecule has 0 unspecified atom stereocenters. The molecule has 104 valence electrons. The lowest BCUT2D eigenvalue weighted by Crippen LogP contribution is -2.41. The van der Waals surface area contributed by atoms with E-state index in [4.69, 9.17) is 0 Å². The quantitative estimate of drug-likeness (QED) is 0.878. The molecule has 2 nitrogen and oxygen atoms in total. The highest BCUT2D eigenvalue weighted by Gasteiger charge is 2.38. The summed E-state index contributed by atoms with van der Waals surface area (Å²) in [5.74, 6) is 0.0670. The highest BCUT2D eigenvalue weighted by atomic mass is 16.3. The Morgan fingerprint density at radius 1 is 0.600 bits per heavy atom. The summed E-state index contributed by atoms with van der Waals surface area (Å²) in [6.07, 6.45) is 0.413. The van der Waals surface area contributed by atoms with Crippen LogP contribution in [0.4, 0.5) is 0 Å². The zero-order valence-corrected chi connectivity index (χ0v) is 11.4. The topological polar surface area (TPSA) is 40.5 Å². The van der Waals surface area contributed by atoms with Crippen molar-refractivity contribution in [2.75, 3.05) is 0 Å². The predicted molar refractivity (Wildman–Crippen MR) is 79.6 cm³/mol. The fraction of sp³-hybridized carbons (Fsp3) is 0.333. The molecule has 0 aliphatic heterocycles. The molecule has 0 bridgehead atoms. The molecule has 0 spiro atoms. The molecule has 2 heteroatoms. The normalized spacial score (nSPS) is 30.1. The minimum absolute atomic E-state index is 0.0335. The lowest BCUT2D eigenvalue weighted by Gasteiger charge is -2.38. The van der Waals surface area contributed by atoms with Crippen molar-refractivity contribution in [2.24, 2.45) is 0 Å². The van der Waals surface area contributed by atoms with Gasteiger partial charge in [0.25, 0.3) is 0 Å². The van der Waals surface area contributed by atoms with Gasteiger partial charge < -0.3 is 10.2 Å². The summed E-state index contributed by atoms with van der Waals surface area (Å²) in [6, 6.07) is 20.0. The molecule has 0 aromatic heterocycles. The minimum atomic E-state index is -0.698. The van der Waals surface area contributed by atoms with E-state index in [9.17, 15) is 10.2 Å². The molecule has 1 aliphatic rings. The van der Waals surface area contributed by atoms with Crippen molar-refractivity contribution >= 4 is 0 Å². The van der Waals surface area contributed by atoms with Gasteiger partial charge in [0.1, 0.15) is 0 Å². The van der Waals surface area contributed by atoms with Crippen molar-refractivity contribution < 1.29 is 10.2 Å². The van der Waals surface area contributed by atoms with Crippen LogP contribution in [-0.2, 0) is 0 Å². The second-order valence-electron chi connectivity index (χ2n) is 5.59. The first-order chi connectivity index (χ1) is 9.77. The fourth-order valence-corrected chi connectivity index (χ4v) is 3.30. The zero-order chi connectivity index (χ0) is 13.9. The Hall–Kier alpha value is -1.64. The maximum atomic E-state index is 10.5. The van der Waals surface area contributed by atoms with Gasteiger partial charge in [-0.2, -0.15) is 0 Å². The van der Waals surface area contributed by atoms with Crippen LogP contribution in [0.15, 0.2) is 60.7 Å². The van der Waals surface area contributed by atoms with E-state index in [1.807, 2.05) is 60.7 Å². The third-order valence-corrected chi connectivity index (χ3v) is 4.42. The minimum Gasteiger partial charge on any atom is -0.390 e. The summed E-state index contributed by atoms with van der Waals surface area (Å²) < 4.78 is 0. The molecule has 0 saturated heterocycles. The molecule has 2 N–H and O–H groups in total. The number of hydrogen-bond acceptors (Lipinski definition) is 2. The first-order valence-corrected chi connectivity index (χ1v) is 7.23. The highest BCUT2D eigenvalue weighted by molar-refractivity contribution is 5.27. The highest BCUT2D eigenvalue weighted by Crippen LogP contribution is 2.40. The molecule has 20 heavy (non-hydrogen) atoms. The Bertz CT molecular complexity index is 486. The maximum absolute atomic E-state index is 10.5. The van der Waals surface area contributed by atoms with Crippen LogP contribution in [0.5, 0.6) is 0 Å². The SMILES string of the molecule is O[C@@H]1[C@@H](O)[C@H](c2ccccc2)CC[C@@H]1c1ccccc1. The Balaban J connectivity index is 1.81. The van der Waals surface area contributed by atoms with E-state index in [2.05, 4.69) is 0 Å². The second-order valence-corrected chi connectivity index (χ2v) is 5.59. The van der Waals surface area contributed by atoms with Gasteiger partial charge in [0.05, 0.1) is 12.2 Å². The van der Waals surface area contributed by atoms with Crippen LogP contribution in [0.2, 0.25) is 0 Å². The average molecular weight is 268 g/mol. The Labute approximate surface area is 119 Å². The van der Waals surface area contributed by atoms with Gasteiger partial charge in [-0.1, -0.05) is 60.7 Å². The number of aliphatic hydroxyl groups is 2. The van der Waals surface area contributed by atoms with Gasteiger partial charge in [0.2, 0.25) is 0 Å². The molecule has 2 aromatic carbocycles. The largest absolute Gasteiger partial charge is 0.390 e. The number of hydrogen-bond donors (Lipinski definition) is 2. The molecule has 0 amide bonds. The van der Waals surface area contributed by atoms with Crippen molar-refractivity contribution in [2.45, 2.75) is 36.9 Å². The van der Waals surface area contributed by atoms with Gasteiger partial charge in [-0.25, -0.2) is 0 Å². The molecular weight excluding hydrogens is 248 g/mol. The van der Waals surface area contributed by atoms with E-state index < -0.39 is 12.2 Å². The molecule has 0 heterocycles. The third-order valence-electron chi connectivity index (χ3n) is 4.42. The van der Waals surface area contributed by atoms with Crippen LogP contribution in [0, 0.1) is 0 Å². The van der Waals surface area contributed by atoms with Gasteiger partial charge in [0.15, 0.2) is 0 Å². The van der Waals surface area contributed by atoms with Crippen molar-refractivity contribution in [1.29, 1.82) is 0 Å². The van der Waals surface area contributed by atoms with Gasteiger partial charge in [-0.3, -0.25) is 0 Å². The molecule has 1 aliphatic carbocycles. The van der Waals surface area contributed by atoms with Gasteiger partial charge in [-0.05, 0) is 24.0 Å². The van der Waals surface area contributed by atoms with Gasteiger partial charge >= 0.3 is 0 Å². The van der Waals surface area contributed by atoms with Crippen LogP contribution < -0.4 is 0 Å². The van der Waals surface area contributed by atoms with Crippen molar-refractivity contribution in [1.82, 2.24) is 0 Å². The summed E-state index contributed by atoms with van der Waals surface area (Å²) in [5.41, 5.74) is 2.23. The van der Waals surface area contributed by atoms with Crippen molar-refractivity contribution in [3.05, 3.63) is 71.8 Å². The molecule has 1 saturated carbocycles. The van der Waals surface area contributed by atoms with E-state index in [0.29, 0.717) is 0 Å². The van der Waals surface area contributed by atoms with Crippen LogP contribution in [0.3, 0.4) is 0 Å². The van der Waals surface area contributed by atoms with Crippen molar-refractivity contribution in [3.63, 3.8) is 0 Å². The first-order valence-electron chi connectivity index (χ1n) is 7.23. The molecule has 4 atom stereocenters. The summed E-state index contributed by atoms with van der Waals surface area (Å²) in [6.45, 7) is 0. The Morgan fingerprint density at radius 3 is 1.30 bits per heavy atom. The number of benzene rings is 2. The van der Waals surface area contributed by atoms with Gasteiger partial charge in [-0.15, -0.1) is 0 Å². The molecule has 1 fully saturated rings. The Morgan fingerprint density at radius 2 is 0.950 bits per heavy atom. The molecule has 3 rings (SSSR count). The van der Waals surface area contributed by atoms with Crippen LogP contribution in [0.25, 0.3) is 0 Å². The lowest BCUT2D eigenvalue weighted by atomic mass is 9.72. The summed E-state index contributed by atoms with van der Waals surface area (Å²) in [4.78, 5) is 0. The summed E-state index contributed by atoms with van der Waals surface area (Å²) in [5, 5.41) is 20.9. The monoisotopic (exact) mass is 268 g/mol. The smallest absolute Gasteiger partial charge is 0.0873 e. The van der Waals surface area contributed by atoms with E-state index in [0.717, 1.165) is 24.0 Å². The predicted octanol–water partition coefficient (Wildman–Crippen LogP) is 3.07. The fourth-order valence-electron chi connectivity index (χ4n) is 3.30. The van der Waals surface area contributed by atoms with E-state index in [1.54, 1.807) is 0 Å². The first kappa shape index (κ1) is 13.3. The van der Waals surface area contributed by atoms with E-state index >= 15 is 0 Å². The molecule has 2 aromatic rings. The van der Waals surface area contributed by atoms with E-state index in [-0.39, 0.29) is 11.8 Å². The van der Waals surface area contributed by atoms with Gasteiger partial charge in [0, 0.05) is 11.8 Å². The van der Waals surface area contributed by atoms with Crippen LogP contribution in [0.1, 0.15) is 35.8 Å². The average Bonchev–Trinajstić information content (AvgIpc) is 2.52. The standard InChI is InChI=1S/C18H20O2/c19-17-15(13-7-3-1-4-8-13)11-12-16(18(17)20)14-9-5-2-6-10-14/h1-10,15-20H,11-12H2/t15-,16+,17-,18-/m0/s1. The van der Waals surface area contributed by atoms with E-state index in [1.165, 1.54) is 0 Å². The van der Waals surface area contributed by atoms with Crippen molar-refractivity contribution in [3.8, 4) is 0 Å². The molecule has 0 radical (unpaired) electrons. The summed E-state index contributed by atoms with van der Waals surface area (Å²) >= 11 is 0. The number of rotatable bonds is 2. The third kappa shape index (κ3) is 2.49. The summed E-state index contributed by atoms with van der Waals surface area (Å²) in [7, 11) is 0. The lowest BCUT2D eigenvalue weighted by molar-refractivity contribution is -0.0361. The number of aliphatic hydroxyl groups excluding tert-OH is 2. The Kier molecular flexibility index (Phi) is 3.86. The molecular formula is C18H20O2. The maximum Gasteiger partial charge on any atom is 0.0873 e. The van der Waals surface area contributed by atoms with Crippen LogP contribution in [-0.4, -0.2) is 22.4 Å². The second kappa shape index (κ2) is 5.78. The van der Waals surface area contributed by atoms with Crippen LogP contribution >= 0.6 is 0 Å². The zero-order valence-electron chi connectivity index (χ0n) is 11.4.